The Morgan fingerprint density at radius 3 is 2.60 bits per heavy atom. The highest BCUT2D eigenvalue weighted by Crippen LogP contribution is 2.20. The lowest BCUT2D eigenvalue weighted by atomic mass is 9.94. The smallest absolute Gasteiger partial charge is 0.273 e. The Labute approximate surface area is 116 Å². The number of hydrogen-bond acceptors (Lipinski definition) is 4. The van der Waals surface area contributed by atoms with Gasteiger partial charge in [0.2, 0.25) is 0 Å². The number of nitrogens with zero attached hydrogens (tertiary/aromatic N) is 1. The van der Waals surface area contributed by atoms with Gasteiger partial charge in [-0.05, 0) is 25.8 Å². The first-order valence-corrected chi connectivity index (χ1v) is 6.55. The largest absolute Gasteiger partial charge is 0.349 e. The number of Topliss-reactive ketones (excluding diaryl/α,β-unsaturated/α-hetero) is 1. The van der Waals surface area contributed by atoms with Crippen molar-refractivity contribution in [3.05, 3.63) is 39.4 Å². The first-order chi connectivity index (χ1) is 9.47. The maximum Gasteiger partial charge on any atom is 0.273 e. The number of aryl methyl sites for hydroxylation is 1. The quantitative estimate of drug-likeness (QED) is 0.676. The molecule has 6 heteroatoms. The number of ketones is 1. The van der Waals surface area contributed by atoms with Gasteiger partial charge in [-0.2, -0.15) is 0 Å². The van der Waals surface area contributed by atoms with Gasteiger partial charge >= 0.3 is 0 Å². The fourth-order valence-electron chi connectivity index (χ4n) is 2.30. The Morgan fingerprint density at radius 1 is 1.35 bits per heavy atom. The van der Waals surface area contributed by atoms with Crippen molar-refractivity contribution in [3.8, 4) is 0 Å². The minimum absolute atomic E-state index is 0.0273. The summed E-state index contributed by atoms with van der Waals surface area (Å²) in [5, 5.41) is 13.7. The molecule has 2 rings (SSSR count). The van der Waals surface area contributed by atoms with E-state index in [0.717, 1.165) is 0 Å². The van der Waals surface area contributed by atoms with Gasteiger partial charge in [0.1, 0.15) is 5.78 Å². The Bertz CT molecular complexity index is 558. The predicted molar refractivity (Wildman–Crippen MR) is 72.6 cm³/mol. The van der Waals surface area contributed by atoms with Crippen molar-refractivity contribution >= 4 is 17.4 Å². The predicted octanol–water partition coefficient (Wildman–Crippen LogP) is 2.14. The summed E-state index contributed by atoms with van der Waals surface area (Å²) in [6.45, 7) is 1.63. The van der Waals surface area contributed by atoms with E-state index in [4.69, 9.17) is 0 Å². The van der Waals surface area contributed by atoms with Crippen LogP contribution in [0.2, 0.25) is 0 Å². The lowest BCUT2D eigenvalue weighted by Crippen LogP contribution is -2.37. The van der Waals surface area contributed by atoms with Gasteiger partial charge in [0.25, 0.3) is 11.6 Å². The highest BCUT2D eigenvalue weighted by molar-refractivity contribution is 5.95. The number of nitro groups is 1. The van der Waals surface area contributed by atoms with Gasteiger partial charge in [-0.3, -0.25) is 19.7 Å². The molecule has 0 atom stereocenters. The normalized spacial score (nSPS) is 15.9. The van der Waals surface area contributed by atoms with Crippen LogP contribution in [-0.4, -0.2) is 22.7 Å². The zero-order valence-corrected chi connectivity index (χ0v) is 11.2. The molecule has 0 bridgehead atoms. The van der Waals surface area contributed by atoms with Crippen LogP contribution >= 0.6 is 0 Å². The average Bonchev–Trinajstić information content (AvgIpc) is 2.41. The van der Waals surface area contributed by atoms with E-state index in [0.29, 0.717) is 31.2 Å². The number of benzene rings is 1. The van der Waals surface area contributed by atoms with Crippen molar-refractivity contribution < 1.29 is 14.5 Å². The number of carbonyl (C=O) groups excluding carboxylic acids is 2. The molecule has 1 fully saturated rings. The summed E-state index contributed by atoms with van der Waals surface area (Å²) in [5.74, 6) is -0.103. The molecule has 106 valence electrons. The summed E-state index contributed by atoms with van der Waals surface area (Å²) in [4.78, 5) is 33.6. The van der Waals surface area contributed by atoms with Crippen molar-refractivity contribution in [3.63, 3.8) is 0 Å². The summed E-state index contributed by atoms with van der Waals surface area (Å²) in [6.07, 6.45) is 2.25. The van der Waals surface area contributed by atoms with E-state index in [1.165, 1.54) is 6.07 Å². The van der Waals surface area contributed by atoms with Crippen LogP contribution in [0.5, 0.6) is 0 Å². The second kappa shape index (κ2) is 5.81. The maximum atomic E-state index is 12.1. The van der Waals surface area contributed by atoms with Crippen LogP contribution in [-0.2, 0) is 4.79 Å². The Hall–Kier alpha value is -2.24. The second-order valence-electron chi connectivity index (χ2n) is 5.04. The third-order valence-electron chi connectivity index (χ3n) is 3.55. The van der Waals surface area contributed by atoms with E-state index >= 15 is 0 Å². The number of nitro benzene ring substituents is 1. The van der Waals surface area contributed by atoms with E-state index < -0.39 is 4.92 Å². The molecule has 1 saturated carbocycles. The molecule has 20 heavy (non-hydrogen) atoms. The maximum absolute atomic E-state index is 12.1. The molecule has 1 aliphatic rings. The van der Waals surface area contributed by atoms with Crippen molar-refractivity contribution in [2.45, 2.75) is 38.6 Å². The first-order valence-electron chi connectivity index (χ1n) is 6.55. The molecule has 0 aliphatic heterocycles. The van der Waals surface area contributed by atoms with Crippen molar-refractivity contribution in [2.24, 2.45) is 0 Å². The number of carbonyl (C=O) groups is 2. The number of amides is 1. The minimum atomic E-state index is -0.495. The minimum Gasteiger partial charge on any atom is -0.349 e. The number of rotatable bonds is 3. The summed E-state index contributed by atoms with van der Waals surface area (Å²) in [6, 6.07) is 4.41. The van der Waals surface area contributed by atoms with E-state index in [1.807, 2.05) is 0 Å². The lowest BCUT2D eigenvalue weighted by Gasteiger charge is -2.22. The van der Waals surface area contributed by atoms with Gasteiger partial charge in [0, 0.05) is 36.1 Å². The van der Waals surface area contributed by atoms with Crippen LogP contribution in [0, 0.1) is 17.0 Å². The van der Waals surface area contributed by atoms with Gasteiger partial charge < -0.3 is 5.32 Å². The van der Waals surface area contributed by atoms with Crippen LogP contribution in [0.1, 0.15) is 41.6 Å². The molecule has 0 heterocycles. The zero-order chi connectivity index (χ0) is 14.7. The fraction of sp³-hybridized carbons (Fsp3) is 0.429. The fourth-order valence-corrected chi connectivity index (χ4v) is 2.30. The van der Waals surface area contributed by atoms with Gasteiger partial charge in [-0.15, -0.1) is 0 Å². The molecular formula is C14H16N2O4. The van der Waals surface area contributed by atoms with E-state index in [9.17, 15) is 19.7 Å². The standard InChI is InChI=1S/C14H16N2O4/c1-9-2-3-10(8-13(9)16(19)20)14(18)15-11-4-6-12(17)7-5-11/h2-3,8,11H,4-7H2,1H3,(H,15,18). The van der Waals surface area contributed by atoms with Crippen molar-refractivity contribution in [1.82, 2.24) is 5.32 Å². The van der Waals surface area contributed by atoms with Crippen molar-refractivity contribution in [2.75, 3.05) is 0 Å². The van der Waals surface area contributed by atoms with Gasteiger partial charge in [0.05, 0.1) is 4.92 Å². The summed E-state index contributed by atoms with van der Waals surface area (Å²) in [7, 11) is 0. The summed E-state index contributed by atoms with van der Waals surface area (Å²) < 4.78 is 0. The van der Waals surface area contributed by atoms with Crippen LogP contribution < -0.4 is 5.32 Å². The molecular weight excluding hydrogens is 260 g/mol. The van der Waals surface area contributed by atoms with Crippen LogP contribution in [0.4, 0.5) is 5.69 Å². The van der Waals surface area contributed by atoms with E-state index in [-0.39, 0.29) is 29.0 Å². The van der Waals surface area contributed by atoms with E-state index in [2.05, 4.69) is 5.32 Å². The molecule has 0 spiro atoms. The van der Waals surface area contributed by atoms with Gasteiger partial charge in [-0.1, -0.05) is 6.07 Å². The Kier molecular flexibility index (Phi) is 4.12. The second-order valence-corrected chi connectivity index (χ2v) is 5.04. The van der Waals surface area contributed by atoms with Gasteiger partial charge in [0.15, 0.2) is 0 Å². The Balaban J connectivity index is 2.07. The topological polar surface area (TPSA) is 89.3 Å². The third-order valence-corrected chi connectivity index (χ3v) is 3.55. The molecule has 0 saturated heterocycles. The SMILES string of the molecule is Cc1ccc(C(=O)NC2CCC(=O)CC2)cc1[N+](=O)[O-]. The molecule has 6 nitrogen and oxygen atoms in total. The summed E-state index contributed by atoms with van der Waals surface area (Å²) in [5.41, 5.74) is 0.741. The molecule has 0 unspecified atom stereocenters. The summed E-state index contributed by atoms with van der Waals surface area (Å²) >= 11 is 0. The van der Waals surface area contributed by atoms with Gasteiger partial charge in [-0.25, -0.2) is 0 Å². The molecule has 1 amide bonds. The molecule has 1 aromatic carbocycles. The third kappa shape index (κ3) is 3.20. The van der Waals surface area contributed by atoms with Crippen LogP contribution in [0.3, 0.4) is 0 Å². The molecule has 0 aromatic heterocycles. The molecule has 1 aromatic rings. The van der Waals surface area contributed by atoms with E-state index in [1.54, 1.807) is 19.1 Å². The number of hydrogen-bond donors (Lipinski definition) is 1. The number of nitrogens with one attached hydrogen (secondary N) is 1. The highest BCUT2D eigenvalue weighted by atomic mass is 16.6. The van der Waals surface area contributed by atoms with Crippen LogP contribution in [0.25, 0.3) is 0 Å². The van der Waals surface area contributed by atoms with Crippen LogP contribution in [0.15, 0.2) is 18.2 Å². The first kappa shape index (κ1) is 14.2. The monoisotopic (exact) mass is 276 g/mol. The molecule has 1 aliphatic carbocycles. The zero-order valence-electron chi connectivity index (χ0n) is 11.2. The lowest BCUT2D eigenvalue weighted by molar-refractivity contribution is -0.385. The molecule has 0 radical (unpaired) electrons. The molecule has 1 N–H and O–H groups in total. The average molecular weight is 276 g/mol. The van der Waals surface area contributed by atoms with Crippen molar-refractivity contribution in [1.29, 1.82) is 0 Å². The highest BCUT2D eigenvalue weighted by Gasteiger charge is 2.22. The Morgan fingerprint density at radius 2 is 2.00 bits per heavy atom.